The van der Waals surface area contributed by atoms with Gasteiger partial charge in [0.2, 0.25) is 0 Å². The molecular weight excluding hydrogens is 601 g/mol. The fraction of sp³-hybridized carbons (Fsp3) is 0.250. The van der Waals surface area contributed by atoms with Gasteiger partial charge in [0.1, 0.15) is 5.82 Å². The molecule has 47 heavy (non-hydrogen) atoms. The molecule has 3 aromatic carbocycles. The molecule has 242 valence electrons. The van der Waals surface area contributed by atoms with E-state index in [2.05, 4.69) is 20.5 Å². The molecule has 1 aliphatic heterocycles. The summed E-state index contributed by atoms with van der Waals surface area (Å²) in [5.74, 6) is -2.66. The maximum absolute atomic E-state index is 13.6. The van der Waals surface area contributed by atoms with Crippen molar-refractivity contribution in [2.45, 2.75) is 45.3 Å². The van der Waals surface area contributed by atoms with E-state index in [0.29, 0.717) is 41.2 Å². The van der Waals surface area contributed by atoms with Crippen molar-refractivity contribution < 1.29 is 28.7 Å². The predicted octanol–water partition coefficient (Wildman–Crippen LogP) is 5.47. The number of nitrogens with one attached hydrogen (secondary N) is 2. The Bertz CT molecular complexity index is 1780. The van der Waals surface area contributed by atoms with Crippen LogP contribution >= 0.6 is 0 Å². The van der Waals surface area contributed by atoms with Crippen molar-refractivity contribution in [3.8, 4) is 0 Å². The Morgan fingerprint density at radius 3 is 2.30 bits per heavy atom. The van der Waals surface area contributed by atoms with E-state index in [4.69, 9.17) is 0 Å². The van der Waals surface area contributed by atoms with Crippen LogP contribution in [0.5, 0.6) is 0 Å². The van der Waals surface area contributed by atoms with E-state index in [9.17, 15) is 28.7 Å². The third kappa shape index (κ3) is 7.81. The molecule has 0 bridgehead atoms. The molecule has 0 spiro atoms. The van der Waals surface area contributed by atoms with Crippen LogP contribution in [0, 0.1) is 12.7 Å². The lowest BCUT2D eigenvalue weighted by Crippen LogP contribution is -2.58. The molecule has 4 aromatic rings. The molecule has 3 atom stereocenters. The lowest BCUT2D eigenvalue weighted by atomic mass is 10.0. The van der Waals surface area contributed by atoms with E-state index < -0.39 is 30.2 Å². The fourth-order valence-electron chi connectivity index (χ4n) is 5.77. The molecule has 3 N–H and O–H groups in total. The van der Waals surface area contributed by atoms with Crippen LogP contribution in [0.25, 0.3) is 0 Å². The monoisotopic (exact) mass is 637 g/mol. The van der Waals surface area contributed by atoms with E-state index in [1.54, 1.807) is 60.9 Å². The van der Waals surface area contributed by atoms with Gasteiger partial charge in [-0.2, -0.15) is 0 Å². The van der Waals surface area contributed by atoms with Crippen LogP contribution < -0.4 is 15.5 Å². The number of piperazine rings is 1. The fourth-order valence-corrected chi connectivity index (χ4v) is 5.77. The number of amides is 3. The van der Waals surface area contributed by atoms with Crippen LogP contribution in [0.1, 0.15) is 68.5 Å². The first-order valence-corrected chi connectivity index (χ1v) is 15.3. The number of halogens is 1. The van der Waals surface area contributed by atoms with Gasteiger partial charge in [-0.25, -0.2) is 4.39 Å². The SMILES string of the molecule is Cc1cccc(C(=O)Nc2cc(C(=O)NC(CC(=O)O)c3ccc(F)cc3)ccc2N2CC(C)N(C(=O)c3cccnc3)CC2C)c1. The number of hydrogen-bond acceptors (Lipinski definition) is 6. The van der Waals surface area contributed by atoms with E-state index in [0.717, 1.165) is 5.56 Å². The summed E-state index contributed by atoms with van der Waals surface area (Å²) in [6.07, 6.45) is 2.75. The Balaban J connectivity index is 1.45. The number of benzene rings is 3. The first kappa shape index (κ1) is 32.8. The van der Waals surface area contributed by atoms with Gasteiger partial charge in [-0.1, -0.05) is 29.8 Å². The second-order valence-corrected chi connectivity index (χ2v) is 11.8. The number of rotatable bonds is 9. The molecule has 0 radical (unpaired) electrons. The van der Waals surface area contributed by atoms with Crippen molar-refractivity contribution in [1.82, 2.24) is 15.2 Å². The largest absolute Gasteiger partial charge is 0.481 e. The van der Waals surface area contributed by atoms with Crippen molar-refractivity contribution >= 4 is 35.1 Å². The number of carbonyl (C=O) groups excluding carboxylic acids is 3. The van der Waals surface area contributed by atoms with Crippen LogP contribution in [0.3, 0.4) is 0 Å². The maximum atomic E-state index is 13.6. The molecule has 1 fully saturated rings. The molecule has 10 nitrogen and oxygen atoms in total. The number of aliphatic carboxylic acids is 1. The van der Waals surface area contributed by atoms with Crippen molar-refractivity contribution in [3.63, 3.8) is 0 Å². The van der Waals surface area contributed by atoms with Gasteiger partial charge in [0.15, 0.2) is 0 Å². The quantitative estimate of drug-likeness (QED) is 0.222. The van der Waals surface area contributed by atoms with Gasteiger partial charge < -0.3 is 25.5 Å². The number of carbonyl (C=O) groups is 4. The Morgan fingerprint density at radius 1 is 0.894 bits per heavy atom. The summed E-state index contributed by atoms with van der Waals surface area (Å²) in [5.41, 5.74) is 3.53. The summed E-state index contributed by atoms with van der Waals surface area (Å²) in [5, 5.41) is 15.2. The summed E-state index contributed by atoms with van der Waals surface area (Å²) in [6, 6.07) is 19.5. The van der Waals surface area contributed by atoms with Crippen molar-refractivity contribution in [2.75, 3.05) is 23.3 Å². The van der Waals surface area contributed by atoms with Gasteiger partial charge in [-0.15, -0.1) is 0 Å². The molecule has 3 unspecified atom stereocenters. The van der Waals surface area contributed by atoms with Crippen LogP contribution in [0.4, 0.5) is 15.8 Å². The maximum Gasteiger partial charge on any atom is 0.305 e. The summed E-state index contributed by atoms with van der Waals surface area (Å²) < 4.78 is 13.6. The number of pyridine rings is 1. The van der Waals surface area contributed by atoms with Crippen molar-refractivity contribution in [1.29, 1.82) is 0 Å². The smallest absolute Gasteiger partial charge is 0.305 e. The van der Waals surface area contributed by atoms with Gasteiger partial charge in [-0.05, 0) is 80.9 Å². The number of carboxylic acid groups (broad SMARTS) is 1. The number of carboxylic acids is 1. The molecule has 1 aromatic heterocycles. The standard InChI is InChI=1S/C36H36FN5O5/c1-22-6-4-7-26(16-22)34(45)40-31-17-27(35(46)39-30(18-33(43)44)25-9-12-29(37)13-10-25)11-14-32(31)41-20-24(3)42(21-23(41)2)36(47)28-8-5-15-38-19-28/h4-17,19,23-24,30H,18,20-21H2,1-3H3,(H,39,46)(H,40,45)(H,43,44). The second kappa shape index (κ2) is 14.2. The first-order valence-electron chi connectivity index (χ1n) is 15.3. The highest BCUT2D eigenvalue weighted by Gasteiger charge is 2.34. The van der Waals surface area contributed by atoms with Crippen LogP contribution in [0.15, 0.2) is 91.3 Å². The Hall–Kier alpha value is -5.58. The average molecular weight is 638 g/mol. The average Bonchev–Trinajstić information content (AvgIpc) is 3.05. The minimum atomic E-state index is -1.13. The number of hydrogen-bond donors (Lipinski definition) is 3. The zero-order valence-corrected chi connectivity index (χ0v) is 26.3. The zero-order valence-electron chi connectivity index (χ0n) is 26.3. The lowest BCUT2D eigenvalue weighted by molar-refractivity contribution is -0.137. The molecule has 0 saturated carbocycles. The highest BCUT2D eigenvalue weighted by molar-refractivity contribution is 6.07. The van der Waals surface area contributed by atoms with Gasteiger partial charge >= 0.3 is 5.97 Å². The molecule has 11 heteroatoms. The van der Waals surface area contributed by atoms with E-state index in [1.165, 1.54) is 24.3 Å². The van der Waals surface area contributed by atoms with Crippen LogP contribution in [-0.4, -0.2) is 63.9 Å². The topological polar surface area (TPSA) is 132 Å². The van der Waals surface area contributed by atoms with Gasteiger partial charge in [0, 0.05) is 48.7 Å². The molecule has 3 amide bonds. The van der Waals surface area contributed by atoms with Crippen molar-refractivity contribution in [2.24, 2.45) is 0 Å². The first-order chi connectivity index (χ1) is 22.5. The van der Waals surface area contributed by atoms with E-state index >= 15 is 0 Å². The zero-order chi connectivity index (χ0) is 33.7. The minimum absolute atomic E-state index is 0.117. The summed E-state index contributed by atoms with van der Waals surface area (Å²) in [7, 11) is 0. The molecule has 0 aliphatic carbocycles. The second-order valence-electron chi connectivity index (χ2n) is 11.8. The minimum Gasteiger partial charge on any atom is -0.481 e. The Kier molecular flexibility index (Phi) is 9.94. The van der Waals surface area contributed by atoms with E-state index in [1.807, 2.05) is 31.7 Å². The summed E-state index contributed by atoms with van der Waals surface area (Å²) in [4.78, 5) is 59.9. The highest BCUT2D eigenvalue weighted by Crippen LogP contribution is 2.33. The molecule has 5 rings (SSSR count). The number of nitrogens with zero attached hydrogens (tertiary/aromatic N) is 3. The van der Waals surface area contributed by atoms with Gasteiger partial charge in [0.05, 0.1) is 29.4 Å². The highest BCUT2D eigenvalue weighted by atomic mass is 19.1. The van der Waals surface area contributed by atoms with E-state index in [-0.39, 0.29) is 29.5 Å². The number of aromatic nitrogens is 1. The number of anilines is 2. The summed E-state index contributed by atoms with van der Waals surface area (Å²) >= 11 is 0. The Labute approximate surface area is 272 Å². The van der Waals surface area contributed by atoms with Crippen LogP contribution in [-0.2, 0) is 4.79 Å². The summed E-state index contributed by atoms with van der Waals surface area (Å²) in [6.45, 7) is 6.70. The van der Waals surface area contributed by atoms with Crippen LogP contribution in [0.2, 0.25) is 0 Å². The molecule has 1 saturated heterocycles. The predicted molar refractivity (Wildman–Crippen MR) is 176 cm³/mol. The van der Waals surface area contributed by atoms with Crippen molar-refractivity contribution in [3.05, 3.63) is 125 Å². The number of aryl methyl sites for hydroxylation is 1. The Morgan fingerprint density at radius 2 is 1.62 bits per heavy atom. The third-order valence-electron chi connectivity index (χ3n) is 8.21. The molecule has 2 heterocycles. The third-order valence-corrected chi connectivity index (χ3v) is 8.21. The van der Waals surface area contributed by atoms with Gasteiger partial charge in [-0.3, -0.25) is 24.2 Å². The normalized spacial score (nSPS) is 16.7. The molecule has 1 aliphatic rings. The lowest BCUT2D eigenvalue weighted by Gasteiger charge is -2.45. The molecular formula is C36H36FN5O5. The van der Waals surface area contributed by atoms with Gasteiger partial charge in [0.25, 0.3) is 17.7 Å².